The molecule has 0 spiro atoms. The summed E-state index contributed by atoms with van der Waals surface area (Å²) in [5.74, 6) is 0.388. The van der Waals surface area contributed by atoms with Gasteiger partial charge in [-0.15, -0.1) is 0 Å². The van der Waals surface area contributed by atoms with E-state index in [0.29, 0.717) is 11.5 Å². The number of hydrogen-bond donors (Lipinski definition) is 1. The van der Waals surface area contributed by atoms with Gasteiger partial charge >= 0.3 is 0 Å². The molecular formula is C21H27N3O2. The maximum absolute atomic E-state index is 12.7. The summed E-state index contributed by atoms with van der Waals surface area (Å²) in [6.07, 6.45) is 7.85. The van der Waals surface area contributed by atoms with E-state index in [2.05, 4.69) is 16.3 Å². The molecule has 0 atom stereocenters. The number of likely N-dealkylation sites (tertiary alicyclic amines) is 1. The Bertz CT molecular complexity index is 661. The van der Waals surface area contributed by atoms with E-state index in [4.69, 9.17) is 5.26 Å². The van der Waals surface area contributed by atoms with Gasteiger partial charge in [-0.1, -0.05) is 12.8 Å². The molecule has 1 aliphatic carbocycles. The van der Waals surface area contributed by atoms with Gasteiger partial charge in [0.25, 0.3) is 0 Å². The van der Waals surface area contributed by atoms with E-state index in [1.54, 1.807) is 24.3 Å². The summed E-state index contributed by atoms with van der Waals surface area (Å²) in [5, 5.41) is 11.8. The SMILES string of the molecule is N#Cc1ccc(NC(=O)C2CCC(C(=O)N3CCCCCC3)CC2)cc1. The molecule has 26 heavy (non-hydrogen) atoms. The Morgan fingerprint density at radius 2 is 1.50 bits per heavy atom. The molecule has 5 heteroatoms. The highest BCUT2D eigenvalue weighted by Gasteiger charge is 2.32. The van der Waals surface area contributed by atoms with Crippen LogP contribution in [-0.2, 0) is 9.59 Å². The fraction of sp³-hybridized carbons (Fsp3) is 0.571. The van der Waals surface area contributed by atoms with Crippen LogP contribution in [0.25, 0.3) is 0 Å². The van der Waals surface area contributed by atoms with Gasteiger partial charge in [-0.3, -0.25) is 9.59 Å². The number of anilines is 1. The molecule has 0 unspecified atom stereocenters. The van der Waals surface area contributed by atoms with Crippen molar-refractivity contribution in [1.29, 1.82) is 5.26 Å². The van der Waals surface area contributed by atoms with Gasteiger partial charge < -0.3 is 10.2 Å². The highest BCUT2D eigenvalue weighted by molar-refractivity contribution is 5.92. The number of carbonyl (C=O) groups is 2. The van der Waals surface area contributed by atoms with Crippen LogP contribution < -0.4 is 5.32 Å². The molecule has 1 aliphatic heterocycles. The van der Waals surface area contributed by atoms with Crippen LogP contribution in [0.5, 0.6) is 0 Å². The molecule has 0 radical (unpaired) electrons. The predicted octanol–water partition coefficient (Wildman–Crippen LogP) is 3.71. The summed E-state index contributed by atoms with van der Waals surface area (Å²) in [6, 6.07) is 8.98. The first-order valence-corrected chi connectivity index (χ1v) is 9.77. The van der Waals surface area contributed by atoms with Gasteiger partial charge in [-0.25, -0.2) is 0 Å². The van der Waals surface area contributed by atoms with Crippen molar-refractivity contribution in [2.75, 3.05) is 18.4 Å². The first kappa shape index (κ1) is 18.4. The Labute approximate surface area is 155 Å². The maximum atomic E-state index is 12.7. The molecule has 0 bridgehead atoms. The first-order valence-electron chi connectivity index (χ1n) is 9.77. The van der Waals surface area contributed by atoms with Crippen molar-refractivity contribution in [2.45, 2.75) is 51.4 Å². The highest BCUT2D eigenvalue weighted by atomic mass is 16.2. The first-order chi connectivity index (χ1) is 12.7. The third kappa shape index (κ3) is 4.63. The van der Waals surface area contributed by atoms with Crippen molar-refractivity contribution < 1.29 is 9.59 Å². The fourth-order valence-electron chi connectivity index (χ4n) is 4.02. The monoisotopic (exact) mass is 353 g/mol. The molecule has 2 aliphatic rings. The molecular weight excluding hydrogens is 326 g/mol. The number of benzene rings is 1. The molecule has 1 saturated heterocycles. The lowest BCUT2D eigenvalue weighted by molar-refractivity contribution is -0.137. The van der Waals surface area contributed by atoms with Gasteiger partial charge in [0.15, 0.2) is 0 Å². The normalized spacial score (nSPS) is 23.6. The van der Waals surface area contributed by atoms with Crippen molar-refractivity contribution >= 4 is 17.5 Å². The molecule has 1 aromatic carbocycles. The van der Waals surface area contributed by atoms with Crippen molar-refractivity contribution in [3.8, 4) is 6.07 Å². The summed E-state index contributed by atoms with van der Waals surface area (Å²) in [6.45, 7) is 1.80. The molecule has 1 aromatic rings. The van der Waals surface area contributed by atoms with Gasteiger partial charge in [0, 0.05) is 30.6 Å². The lowest BCUT2D eigenvalue weighted by Gasteiger charge is -2.31. The number of rotatable bonds is 3. The van der Waals surface area contributed by atoms with Crippen LogP contribution in [0.1, 0.15) is 56.9 Å². The zero-order valence-electron chi connectivity index (χ0n) is 15.2. The van der Waals surface area contributed by atoms with E-state index >= 15 is 0 Å². The number of amides is 2. The minimum absolute atomic E-state index is 0.0235. The lowest BCUT2D eigenvalue weighted by atomic mass is 9.81. The standard InChI is InChI=1S/C21H27N3O2/c22-15-16-5-11-19(12-6-16)23-20(25)17-7-9-18(10-8-17)21(26)24-13-3-1-2-4-14-24/h5-6,11-12,17-18H,1-4,7-10,13-14H2,(H,23,25). The third-order valence-electron chi connectivity index (χ3n) is 5.65. The van der Waals surface area contributed by atoms with Crippen LogP contribution in [0.4, 0.5) is 5.69 Å². The van der Waals surface area contributed by atoms with E-state index in [0.717, 1.165) is 57.3 Å². The minimum Gasteiger partial charge on any atom is -0.342 e. The summed E-state index contributed by atoms with van der Waals surface area (Å²) in [7, 11) is 0. The minimum atomic E-state index is -0.0289. The van der Waals surface area contributed by atoms with Gasteiger partial charge in [0.2, 0.25) is 11.8 Å². The van der Waals surface area contributed by atoms with E-state index < -0.39 is 0 Å². The van der Waals surface area contributed by atoms with Crippen LogP contribution >= 0.6 is 0 Å². The zero-order valence-corrected chi connectivity index (χ0v) is 15.2. The number of nitriles is 1. The molecule has 1 heterocycles. The van der Waals surface area contributed by atoms with Crippen molar-refractivity contribution in [2.24, 2.45) is 11.8 Å². The zero-order chi connectivity index (χ0) is 18.4. The van der Waals surface area contributed by atoms with Crippen LogP contribution in [0.15, 0.2) is 24.3 Å². The molecule has 5 nitrogen and oxygen atoms in total. The maximum Gasteiger partial charge on any atom is 0.227 e. The molecule has 1 saturated carbocycles. The Morgan fingerprint density at radius 1 is 0.923 bits per heavy atom. The van der Waals surface area contributed by atoms with Gasteiger partial charge in [-0.05, 0) is 62.8 Å². The number of nitrogens with zero attached hydrogens (tertiary/aromatic N) is 2. The van der Waals surface area contributed by atoms with E-state index in [1.165, 1.54) is 12.8 Å². The summed E-state index contributed by atoms with van der Waals surface area (Å²) < 4.78 is 0. The second-order valence-electron chi connectivity index (χ2n) is 7.47. The summed E-state index contributed by atoms with van der Waals surface area (Å²) in [4.78, 5) is 27.3. The molecule has 1 N–H and O–H groups in total. The average molecular weight is 353 g/mol. The smallest absolute Gasteiger partial charge is 0.227 e. The van der Waals surface area contributed by atoms with Crippen molar-refractivity contribution in [1.82, 2.24) is 4.90 Å². The fourth-order valence-corrected chi connectivity index (χ4v) is 4.02. The molecule has 0 aromatic heterocycles. The van der Waals surface area contributed by atoms with Gasteiger partial charge in [0.05, 0.1) is 11.6 Å². The van der Waals surface area contributed by atoms with E-state index in [9.17, 15) is 9.59 Å². The van der Waals surface area contributed by atoms with Gasteiger partial charge in [-0.2, -0.15) is 5.26 Å². The Morgan fingerprint density at radius 3 is 2.08 bits per heavy atom. The molecule has 2 amide bonds. The van der Waals surface area contributed by atoms with E-state index in [-0.39, 0.29) is 17.7 Å². The Kier molecular flexibility index (Phi) is 6.27. The second kappa shape index (κ2) is 8.84. The number of hydrogen-bond acceptors (Lipinski definition) is 3. The quantitative estimate of drug-likeness (QED) is 0.900. The number of nitrogens with one attached hydrogen (secondary N) is 1. The molecule has 2 fully saturated rings. The summed E-state index contributed by atoms with van der Waals surface area (Å²) >= 11 is 0. The largest absolute Gasteiger partial charge is 0.342 e. The van der Waals surface area contributed by atoms with Crippen LogP contribution in [0.2, 0.25) is 0 Å². The molecule has 3 rings (SSSR count). The lowest BCUT2D eigenvalue weighted by Crippen LogP contribution is -2.39. The highest BCUT2D eigenvalue weighted by Crippen LogP contribution is 2.31. The Balaban J connectivity index is 1.48. The molecule has 138 valence electrons. The number of carbonyl (C=O) groups excluding carboxylic acids is 2. The van der Waals surface area contributed by atoms with Crippen molar-refractivity contribution in [3.05, 3.63) is 29.8 Å². The Hall–Kier alpha value is -2.35. The van der Waals surface area contributed by atoms with E-state index in [1.807, 2.05) is 0 Å². The third-order valence-corrected chi connectivity index (χ3v) is 5.65. The predicted molar refractivity (Wildman–Crippen MR) is 100 cm³/mol. The topological polar surface area (TPSA) is 73.2 Å². The van der Waals surface area contributed by atoms with Crippen LogP contribution in [0, 0.1) is 23.2 Å². The van der Waals surface area contributed by atoms with Crippen LogP contribution in [-0.4, -0.2) is 29.8 Å². The second-order valence-corrected chi connectivity index (χ2v) is 7.47. The van der Waals surface area contributed by atoms with Crippen LogP contribution in [0.3, 0.4) is 0 Å². The van der Waals surface area contributed by atoms with Crippen molar-refractivity contribution in [3.63, 3.8) is 0 Å². The summed E-state index contributed by atoms with van der Waals surface area (Å²) in [5.41, 5.74) is 1.30. The average Bonchev–Trinajstić information content (AvgIpc) is 2.97. The van der Waals surface area contributed by atoms with Gasteiger partial charge in [0.1, 0.15) is 0 Å².